The van der Waals surface area contributed by atoms with Gasteiger partial charge in [-0.25, -0.2) is 0 Å². The highest BCUT2D eigenvalue weighted by Crippen LogP contribution is 2.48. The fraction of sp³-hybridized carbons (Fsp3) is 0.929. The summed E-state index contributed by atoms with van der Waals surface area (Å²) in [7, 11) is 3.56. The van der Waals surface area contributed by atoms with E-state index >= 15 is 0 Å². The van der Waals surface area contributed by atoms with Crippen molar-refractivity contribution in [3.63, 3.8) is 0 Å². The number of guanidine groups is 1. The smallest absolute Gasteiger partial charge is 0.191 e. The molecular formula is C14H28IN3O. The molecular weight excluding hydrogens is 353 g/mol. The summed E-state index contributed by atoms with van der Waals surface area (Å²) in [6.45, 7) is 3.89. The molecule has 2 saturated carbocycles. The molecule has 4 nitrogen and oxygen atoms in total. The lowest BCUT2D eigenvalue weighted by Gasteiger charge is -2.21. The van der Waals surface area contributed by atoms with Crippen molar-refractivity contribution in [2.45, 2.75) is 38.6 Å². The van der Waals surface area contributed by atoms with Gasteiger partial charge in [-0.2, -0.15) is 0 Å². The summed E-state index contributed by atoms with van der Waals surface area (Å²) in [5.41, 5.74) is 0. The number of ether oxygens (including phenoxy) is 1. The van der Waals surface area contributed by atoms with Crippen LogP contribution < -0.4 is 10.6 Å². The molecule has 1 unspecified atom stereocenters. The molecule has 0 aromatic rings. The molecule has 19 heavy (non-hydrogen) atoms. The van der Waals surface area contributed by atoms with E-state index < -0.39 is 0 Å². The van der Waals surface area contributed by atoms with E-state index in [9.17, 15) is 0 Å². The molecule has 112 valence electrons. The Morgan fingerprint density at radius 1 is 1.26 bits per heavy atom. The highest BCUT2D eigenvalue weighted by molar-refractivity contribution is 14.0. The summed E-state index contributed by atoms with van der Waals surface area (Å²) in [6.07, 6.45) is 5.76. The molecule has 0 radical (unpaired) electrons. The first-order valence-electron chi connectivity index (χ1n) is 7.20. The standard InChI is InChI=1S/C14H27N3O.HI/c1-10(9-18-3)17-14(15-2)16-8-13(11-4-5-11)12-6-7-12;/h10-13H,4-9H2,1-3H3,(H2,15,16,17);1H. The van der Waals surface area contributed by atoms with E-state index in [2.05, 4.69) is 22.5 Å². The lowest BCUT2D eigenvalue weighted by Crippen LogP contribution is -2.45. The van der Waals surface area contributed by atoms with Crippen molar-refractivity contribution >= 4 is 29.9 Å². The Kier molecular flexibility index (Phi) is 7.42. The topological polar surface area (TPSA) is 45.7 Å². The number of rotatable bonds is 7. The Hall–Kier alpha value is -0.0400. The minimum absolute atomic E-state index is 0. The van der Waals surface area contributed by atoms with E-state index in [0.29, 0.717) is 12.6 Å². The SMILES string of the molecule is CN=C(NCC(C1CC1)C1CC1)NC(C)COC.I. The first-order valence-corrected chi connectivity index (χ1v) is 7.20. The van der Waals surface area contributed by atoms with Gasteiger partial charge in [0.2, 0.25) is 0 Å². The highest BCUT2D eigenvalue weighted by atomic mass is 127. The fourth-order valence-corrected chi connectivity index (χ4v) is 2.70. The third-order valence-corrected chi connectivity index (χ3v) is 3.98. The second kappa shape index (κ2) is 8.29. The predicted molar refractivity (Wildman–Crippen MR) is 90.2 cm³/mol. The van der Waals surface area contributed by atoms with Gasteiger partial charge in [0.1, 0.15) is 0 Å². The summed E-state index contributed by atoms with van der Waals surface area (Å²) in [4.78, 5) is 4.28. The van der Waals surface area contributed by atoms with Gasteiger partial charge in [0.25, 0.3) is 0 Å². The number of halogens is 1. The molecule has 0 amide bonds. The Balaban J connectivity index is 0.00000180. The van der Waals surface area contributed by atoms with E-state index in [1.165, 1.54) is 25.7 Å². The van der Waals surface area contributed by atoms with Crippen molar-refractivity contribution in [1.29, 1.82) is 0 Å². The van der Waals surface area contributed by atoms with Gasteiger partial charge < -0.3 is 15.4 Å². The van der Waals surface area contributed by atoms with Crippen LogP contribution in [0.25, 0.3) is 0 Å². The van der Waals surface area contributed by atoms with Crippen molar-refractivity contribution in [2.75, 3.05) is 27.3 Å². The van der Waals surface area contributed by atoms with Crippen LogP contribution in [0.3, 0.4) is 0 Å². The van der Waals surface area contributed by atoms with Crippen LogP contribution in [0.1, 0.15) is 32.6 Å². The molecule has 0 spiro atoms. The van der Waals surface area contributed by atoms with Crippen LogP contribution in [0.15, 0.2) is 4.99 Å². The van der Waals surface area contributed by atoms with Crippen LogP contribution in [0.4, 0.5) is 0 Å². The van der Waals surface area contributed by atoms with E-state index in [4.69, 9.17) is 4.74 Å². The normalized spacial score (nSPS) is 20.9. The maximum Gasteiger partial charge on any atom is 0.191 e. The summed E-state index contributed by atoms with van der Waals surface area (Å²) < 4.78 is 5.13. The van der Waals surface area contributed by atoms with Gasteiger partial charge >= 0.3 is 0 Å². The second-order valence-electron chi connectivity index (χ2n) is 5.79. The van der Waals surface area contributed by atoms with E-state index in [0.717, 1.165) is 30.3 Å². The number of aliphatic imine (C=N–C) groups is 1. The average Bonchev–Trinajstić information content (AvgIpc) is 3.21. The fourth-order valence-electron chi connectivity index (χ4n) is 2.70. The van der Waals surface area contributed by atoms with Crippen LogP contribution in [-0.2, 0) is 4.74 Å². The van der Waals surface area contributed by atoms with Gasteiger partial charge in [-0.3, -0.25) is 4.99 Å². The molecule has 0 aliphatic heterocycles. The number of hydrogen-bond donors (Lipinski definition) is 2. The van der Waals surface area contributed by atoms with Crippen molar-refractivity contribution < 1.29 is 4.74 Å². The number of methoxy groups -OCH3 is 1. The average molecular weight is 381 g/mol. The van der Waals surface area contributed by atoms with Crippen LogP contribution in [0.5, 0.6) is 0 Å². The quantitative estimate of drug-likeness (QED) is 0.404. The minimum Gasteiger partial charge on any atom is -0.383 e. The zero-order chi connectivity index (χ0) is 13.0. The molecule has 2 aliphatic rings. The maximum absolute atomic E-state index is 5.13. The van der Waals surface area contributed by atoms with E-state index in [1.807, 2.05) is 7.05 Å². The van der Waals surface area contributed by atoms with Crippen molar-refractivity contribution in [2.24, 2.45) is 22.7 Å². The molecule has 1 atom stereocenters. The summed E-state index contributed by atoms with van der Waals surface area (Å²) in [5, 5.41) is 6.84. The third-order valence-electron chi connectivity index (χ3n) is 3.98. The summed E-state index contributed by atoms with van der Waals surface area (Å²) >= 11 is 0. The van der Waals surface area contributed by atoms with Gasteiger partial charge in [-0.1, -0.05) is 0 Å². The lowest BCUT2D eigenvalue weighted by molar-refractivity contribution is 0.179. The Morgan fingerprint density at radius 2 is 1.84 bits per heavy atom. The molecule has 0 bridgehead atoms. The Bertz CT molecular complexity index is 278. The van der Waals surface area contributed by atoms with E-state index in [1.54, 1.807) is 7.11 Å². The number of hydrogen-bond acceptors (Lipinski definition) is 2. The lowest BCUT2D eigenvalue weighted by atomic mass is 9.98. The highest BCUT2D eigenvalue weighted by Gasteiger charge is 2.41. The molecule has 0 saturated heterocycles. The molecule has 0 aromatic heterocycles. The monoisotopic (exact) mass is 381 g/mol. The third kappa shape index (κ3) is 5.85. The first kappa shape index (κ1) is 17.0. The molecule has 2 fully saturated rings. The first-order chi connectivity index (χ1) is 8.74. The predicted octanol–water partition coefficient (Wildman–Crippen LogP) is 2.24. The zero-order valence-electron chi connectivity index (χ0n) is 12.3. The molecule has 5 heteroatoms. The summed E-state index contributed by atoms with van der Waals surface area (Å²) in [5.74, 6) is 3.76. The maximum atomic E-state index is 5.13. The molecule has 0 heterocycles. The molecule has 2 rings (SSSR count). The Labute approximate surface area is 134 Å². The van der Waals surface area contributed by atoms with Gasteiger partial charge in [-0.05, 0) is 50.4 Å². The molecule has 2 N–H and O–H groups in total. The minimum atomic E-state index is 0. The van der Waals surface area contributed by atoms with Gasteiger partial charge in [0.05, 0.1) is 6.61 Å². The van der Waals surface area contributed by atoms with Gasteiger partial charge in [-0.15, -0.1) is 24.0 Å². The van der Waals surface area contributed by atoms with Crippen LogP contribution in [0.2, 0.25) is 0 Å². The number of nitrogens with zero attached hydrogens (tertiary/aromatic N) is 1. The zero-order valence-corrected chi connectivity index (χ0v) is 14.6. The van der Waals surface area contributed by atoms with Crippen LogP contribution >= 0.6 is 24.0 Å². The second-order valence-corrected chi connectivity index (χ2v) is 5.79. The van der Waals surface area contributed by atoms with Crippen molar-refractivity contribution in [3.8, 4) is 0 Å². The number of nitrogens with one attached hydrogen (secondary N) is 2. The van der Waals surface area contributed by atoms with Crippen molar-refractivity contribution in [3.05, 3.63) is 0 Å². The summed E-state index contributed by atoms with van der Waals surface area (Å²) in [6, 6.07) is 0.293. The van der Waals surface area contributed by atoms with Crippen molar-refractivity contribution in [1.82, 2.24) is 10.6 Å². The molecule has 0 aromatic carbocycles. The van der Waals surface area contributed by atoms with Gasteiger partial charge in [0, 0.05) is 26.7 Å². The van der Waals surface area contributed by atoms with E-state index in [-0.39, 0.29) is 24.0 Å². The van der Waals surface area contributed by atoms with Gasteiger partial charge in [0.15, 0.2) is 5.96 Å². The largest absolute Gasteiger partial charge is 0.383 e. The Morgan fingerprint density at radius 3 is 2.26 bits per heavy atom. The van der Waals surface area contributed by atoms with Crippen LogP contribution in [0, 0.1) is 17.8 Å². The molecule has 2 aliphatic carbocycles. The van der Waals surface area contributed by atoms with Crippen LogP contribution in [-0.4, -0.2) is 39.3 Å².